The van der Waals surface area contributed by atoms with Crippen molar-refractivity contribution >= 4 is 12.0 Å². The van der Waals surface area contributed by atoms with Crippen LogP contribution in [-0.2, 0) is 19.0 Å². The van der Waals surface area contributed by atoms with Crippen molar-refractivity contribution in [2.45, 2.75) is 89.0 Å². The van der Waals surface area contributed by atoms with Crippen molar-refractivity contribution in [3.63, 3.8) is 0 Å². The molecule has 7 atom stereocenters. The van der Waals surface area contributed by atoms with Gasteiger partial charge < -0.3 is 19.3 Å². The molecular weight excluding hydrogens is 442 g/mol. The van der Waals surface area contributed by atoms with Crippen LogP contribution in [0.15, 0.2) is 66.4 Å². The van der Waals surface area contributed by atoms with E-state index >= 15 is 0 Å². The second-order valence-electron chi connectivity index (χ2n) is 10.1. The molecule has 2 bridgehead atoms. The number of aliphatic hydroxyl groups is 1. The summed E-state index contributed by atoms with van der Waals surface area (Å²) >= 11 is 0. The summed E-state index contributed by atoms with van der Waals surface area (Å²) in [4.78, 5) is 17.0. The van der Waals surface area contributed by atoms with Crippen LogP contribution in [0.4, 0.5) is 0 Å². The molecule has 1 N–H and O–H groups in total. The lowest BCUT2D eigenvalue weighted by atomic mass is 9.91. The second-order valence-corrected chi connectivity index (χ2v) is 10.1. The number of hydrogen-bond acceptors (Lipinski definition) is 6. The summed E-state index contributed by atoms with van der Waals surface area (Å²) in [6.07, 6.45) is 14.1. The molecule has 0 aliphatic carbocycles. The van der Waals surface area contributed by atoms with Crippen LogP contribution in [0.2, 0.25) is 0 Å². The molecule has 0 radical (unpaired) electrons. The highest BCUT2D eigenvalue weighted by atomic mass is 16.6. The highest BCUT2D eigenvalue weighted by molar-refractivity contribution is 5.82. The maximum absolute atomic E-state index is 12.7. The molecule has 0 unspecified atom stereocenters. The highest BCUT2D eigenvalue weighted by Crippen LogP contribution is 2.35. The van der Waals surface area contributed by atoms with Gasteiger partial charge in [-0.1, -0.05) is 43.4 Å². The molecule has 0 amide bonds. The van der Waals surface area contributed by atoms with Gasteiger partial charge in [0.15, 0.2) is 0 Å². The maximum Gasteiger partial charge on any atom is 0.331 e. The molecule has 4 heterocycles. The Morgan fingerprint density at radius 2 is 2.03 bits per heavy atom. The SMILES string of the molecule is C=C1C[C@H](C)C[C@@H]2CC=C[C@@H](C/C=C/C(=O)O[C@H](/C(C)=C/c3ccccn3)C[C@@H]3O[C@H]3[C@@H](O)C1)O2. The zero-order chi connectivity index (χ0) is 24.8. The monoisotopic (exact) mass is 479 g/mol. The molecule has 6 heteroatoms. The lowest BCUT2D eigenvalue weighted by Crippen LogP contribution is -2.26. The Balaban J connectivity index is 1.50. The fraction of sp³-hybridized carbons (Fsp3) is 0.517. The van der Waals surface area contributed by atoms with Gasteiger partial charge in [0.25, 0.3) is 0 Å². The van der Waals surface area contributed by atoms with Crippen molar-refractivity contribution in [2.24, 2.45) is 5.92 Å². The number of aromatic nitrogens is 1. The van der Waals surface area contributed by atoms with Crippen molar-refractivity contribution in [1.82, 2.24) is 4.98 Å². The Labute approximate surface area is 208 Å². The first-order valence-electron chi connectivity index (χ1n) is 12.7. The average molecular weight is 480 g/mol. The van der Waals surface area contributed by atoms with E-state index in [1.807, 2.05) is 37.3 Å². The fourth-order valence-electron chi connectivity index (χ4n) is 5.02. The van der Waals surface area contributed by atoms with Gasteiger partial charge in [0.2, 0.25) is 0 Å². The molecule has 1 saturated heterocycles. The molecule has 0 spiro atoms. The normalized spacial score (nSPS) is 35.9. The van der Waals surface area contributed by atoms with E-state index in [2.05, 4.69) is 30.6 Å². The number of epoxide rings is 1. The van der Waals surface area contributed by atoms with Crippen molar-refractivity contribution in [1.29, 1.82) is 0 Å². The number of esters is 1. The first-order valence-corrected chi connectivity index (χ1v) is 12.7. The van der Waals surface area contributed by atoms with Crippen molar-refractivity contribution in [3.8, 4) is 0 Å². The predicted octanol–water partition coefficient (Wildman–Crippen LogP) is 4.95. The molecule has 1 aromatic rings. The van der Waals surface area contributed by atoms with Gasteiger partial charge in [-0.05, 0) is 68.7 Å². The molecule has 3 aliphatic rings. The predicted molar refractivity (Wildman–Crippen MR) is 135 cm³/mol. The molecule has 1 aromatic heterocycles. The zero-order valence-corrected chi connectivity index (χ0v) is 20.7. The summed E-state index contributed by atoms with van der Waals surface area (Å²) in [5.74, 6) is 0.0110. The number of fused-ring (bicyclic) bond motifs is 3. The van der Waals surface area contributed by atoms with Crippen LogP contribution < -0.4 is 0 Å². The molecule has 0 saturated carbocycles. The topological polar surface area (TPSA) is 81.2 Å². The van der Waals surface area contributed by atoms with Crippen LogP contribution in [0.3, 0.4) is 0 Å². The Morgan fingerprint density at radius 3 is 2.83 bits per heavy atom. The first-order chi connectivity index (χ1) is 16.9. The highest BCUT2D eigenvalue weighted by Gasteiger charge is 2.46. The number of pyridine rings is 1. The van der Waals surface area contributed by atoms with Gasteiger partial charge in [0.05, 0.1) is 30.1 Å². The van der Waals surface area contributed by atoms with Gasteiger partial charge >= 0.3 is 5.97 Å². The number of rotatable bonds is 2. The Hall–Kier alpha value is -2.54. The lowest BCUT2D eigenvalue weighted by Gasteiger charge is -2.28. The van der Waals surface area contributed by atoms with Crippen LogP contribution in [0, 0.1) is 5.92 Å². The molecule has 4 rings (SSSR count). The van der Waals surface area contributed by atoms with E-state index in [1.165, 1.54) is 6.08 Å². The minimum Gasteiger partial charge on any atom is -0.455 e. The molecular formula is C29H37NO5. The Kier molecular flexibility index (Phi) is 8.71. The summed E-state index contributed by atoms with van der Waals surface area (Å²) in [6, 6.07) is 5.69. The number of carbonyl (C=O) groups excluding carboxylic acids is 1. The molecule has 1 fully saturated rings. The van der Waals surface area contributed by atoms with E-state index in [0.29, 0.717) is 25.2 Å². The van der Waals surface area contributed by atoms with Crippen molar-refractivity contribution < 1.29 is 24.1 Å². The van der Waals surface area contributed by atoms with Gasteiger partial charge in [-0.2, -0.15) is 0 Å². The number of hydrogen-bond donors (Lipinski definition) is 1. The van der Waals surface area contributed by atoms with E-state index in [0.717, 1.165) is 36.1 Å². The van der Waals surface area contributed by atoms with E-state index in [1.54, 1.807) is 6.20 Å². The number of aliphatic hydroxyl groups excluding tert-OH is 1. The molecule has 3 aliphatic heterocycles. The standard InChI is InChI=1S/C29H37NO5/c1-19-14-20(2)16-25(31)29-27(35-29)18-26(21(3)17-22-8-4-5-13-30-22)34-28(32)12-7-10-23-9-6-11-24(15-19)33-23/h4-9,12-13,17,19,23-27,29,31H,2,10-11,14-16,18H2,1,3H3/b12-7+,21-17+/t19-,23-,24-,25-,26-,27-,29-/m0/s1. The summed E-state index contributed by atoms with van der Waals surface area (Å²) in [5.41, 5.74) is 2.70. The third-order valence-corrected chi connectivity index (χ3v) is 6.82. The zero-order valence-electron chi connectivity index (χ0n) is 20.7. The first kappa shape index (κ1) is 25.5. The third-order valence-electron chi connectivity index (χ3n) is 6.82. The third kappa shape index (κ3) is 7.72. The smallest absolute Gasteiger partial charge is 0.331 e. The number of cyclic esters (lactones) is 1. The van der Waals surface area contributed by atoms with Gasteiger partial charge in [-0.3, -0.25) is 4.98 Å². The quantitative estimate of drug-likeness (QED) is 0.367. The lowest BCUT2D eigenvalue weighted by molar-refractivity contribution is -0.141. The molecule has 6 nitrogen and oxygen atoms in total. The second kappa shape index (κ2) is 11.9. The van der Waals surface area contributed by atoms with E-state index < -0.39 is 18.2 Å². The maximum atomic E-state index is 12.7. The van der Waals surface area contributed by atoms with Crippen molar-refractivity contribution in [2.75, 3.05) is 0 Å². The summed E-state index contributed by atoms with van der Waals surface area (Å²) in [5, 5.41) is 10.8. The Morgan fingerprint density at radius 1 is 1.17 bits per heavy atom. The van der Waals surface area contributed by atoms with Crippen LogP contribution in [0.5, 0.6) is 0 Å². The van der Waals surface area contributed by atoms with Crippen LogP contribution in [0.1, 0.15) is 58.1 Å². The van der Waals surface area contributed by atoms with Gasteiger partial charge in [0.1, 0.15) is 12.2 Å². The van der Waals surface area contributed by atoms with E-state index in [4.69, 9.17) is 14.2 Å². The number of carbonyl (C=O) groups is 1. The van der Waals surface area contributed by atoms with E-state index in [-0.39, 0.29) is 24.4 Å². The van der Waals surface area contributed by atoms with Gasteiger partial charge in [0, 0.05) is 18.7 Å². The number of ether oxygens (including phenoxy) is 3. The fourth-order valence-corrected chi connectivity index (χ4v) is 5.02. The molecule has 188 valence electrons. The van der Waals surface area contributed by atoms with Crippen LogP contribution in [0.25, 0.3) is 6.08 Å². The molecule has 35 heavy (non-hydrogen) atoms. The van der Waals surface area contributed by atoms with Gasteiger partial charge in [-0.25, -0.2) is 4.79 Å². The molecule has 0 aromatic carbocycles. The van der Waals surface area contributed by atoms with Crippen molar-refractivity contribution in [3.05, 3.63) is 72.1 Å². The minimum atomic E-state index is -0.617. The summed E-state index contributed by atoms with van der Waals surface area (Å²) in [7, 11) is 0. The Bertz CT molecular complexity index is 969. The largest absolute Gasteiger partial charge is 0.455 e. The van der Waals surface area contributed by atoms with Gasteiger partial charge in [-0.15, -0.1) is 0 Å². The van der Waals surface area contributed by atoms with E-state index in [9.17, 15) is 9.90 Å². The van der Waals surface area contributed by atoms with Crippen LogP contribution in [-0.4, -0.2) is 52.7 Å². The minimum absolute atomic E-state index is 0.0453. The summed E-state index contributed by atoms with van der Waals surface area (Å²) in [6.45, 7) is 8.35. The average Bonchev–Trinajstić information content (AvgIpc) is 3.58. The number of nitrogens with zero attached hydrogens (tertiary/aromatic N) is 1. The van der Waals surface area contributed by atoms with Crippen LogP contribution >= 0.6 is 0 Å². The summed E-state index contributed by atoms with van der Waals surface area (Å²) < 4.78 is 17.9.